The lowest BCUT2D eigenvalue weighted by Gasteiger charge is -2.19. The van der Waals surface area contributed by atoms with E-state index in [4.69, 9.17) is 4.74 Å². The molecular weight excluding hydrogens is 160 g/mol. The summed E-state index contributed by atoms with van der Waals surface area (Å²) in [7, 11) is 1.85. The number of rotatable bonds is 3. The van der Waals surface area contributed by atoms with E-state index in [0.717, 1.165) is 30.3 Å². The van der Waals surface area contributed by atoms with E-state index < -0.39 is 0 Å². The monoisotopic (exact) mass is 182 g/mol. The van der Waals surface area contributed by atoms with Gasteiger partial charge in [0.1, 0.15) is 0 Å². The van der Waals surface area contributed by atoms with Crippen molar-refractivity contribution in [2.75, 3.05) is 13.7 Å². The molecule has 0 amide bonds. The average molecular weight is 182 g/mol. The highest BCUT2D eigenvalue weighted by Crippen LogP contribution is 2.51. The SMILES string of the molecule is CCC1CCC2C(COC)CCC12. The van der Waals surface area contributed by atoms with Gasteiger partial charge in [0.25, 0.3) is 0 Å². The van der Waals surface area contributed by atoms with E-state index in [1.165, 1.54) is 32.1 Å². The van der Waals surface area contributed by atoms with Gasteiger partial charge in [-0.2, -0.15) is 0 Å². The molecule has 0 spiro atoms. The summed E-state index contributed by atoms with van der Waals surface area (Å²) in [6.45, 7) is 3.37. The van der Waals surface area contributed by atoms with E-state index in [1.807, 2.05) is 7.11 Å². The molecule has 0 aliphatic heterocycles. The number of fused-ring (bicyclic) bond motifs is 1. The Morgan fingerprint density at radius 1 is 1.00 bits per heavy atom. The highest BCUT2D eigenvalue weighted by atomic mass is 16.5. The van der Waals surface area contributed by atoms with Crippen molar-refractivity contribution >= 4 is 0 Å². The van der Waals surface area contributed by atoms with Crippen molar-refractivity contribution in [3.63, 3.8) is 0 Å². The molecule has 13 heavy (non-hydrogen) atoms. The van der Waals surface area contributed by atoms with Crippen LogP contribution in [0.1, 0.15) is 39.0 Å². The summed E-state index contributed by atoms with van der Waals surface area (Å²) in [5.41, 5.74) is 0. The van der Waals surface area contributed by atoms with Gasteiger partial charge < -0.3 is 4.74 Å². The summed E-state index contributed by atoms with van der Waals surface area (Å²) >= 11 is 0. The van der Waals surface area contributed by atoms with Crippen molar-refractivity contribution in [3.8, 4) is 0 Å². The Hall–Kier alpha value is -0.0400. The Bertz CT molecular complexity index is 167. The van der Waals surface area contributed by atoms with Crippen LogP contribution in [0.3, 0.4) is 0 Å². The molecule has 0 radical (unpaired) electrons. The summed E-state index contributed by atoms with van der Waals surface area (Å²) in [6.07, 6.45) is 7.29. The van der Waals surface area contributed by atoms with Crippen molar-refractivity contribution in [1.29, 1.82) is 0 Å². The first-order chi connectivity index (χ1) is 6.36. The van der Waals surface area contributed by atoms with Crippen LogP contribution >= 0.6 is 0 Å². The van der Waals surface area contributed by atoms with E-state index in [-0.39, 0.29) is 0 Å². The first-order valence-electron chi connectivity index (χ1n) is 5.85. The van der Waals surface area contributed by atoms with Gasteiger partial charge in [-0.05, 0) is 49.4 Å². The Balaban J connectivity index is 1.95. The zero-order chi connectivity index (χ0) is 9.26. The second-order valence-electron chi connectivity index (χ2n) is 4.87. The molecule has 0 saturated heterocycles. The van der Waals surface area contributed by atoms with E-state index in [2.05, 4.69) is 6.92 Å². The molecule has 2 rings (SSSR count). The average Bonchev–Trinajstić information content (AvgIpc) is 2.68. The van der Waals surface area contributed by atoms with Crippen molar-refractivity contribution in [3.05, 3.63) is 0 Å². The van der Waals surface area contributed by atoms with Crippen molar-refractivity contribution in [2.45, 2.75) is 39.0 Å². The predicted octanol–water partition coefficient (Wildman–Crippen LogP) is 3.10. The first kappa shape index (κ1) is 9.51. The molecule has 0 aromatic rings. The second-order valence-corrected chi connectivity index (χ2v) is 4.87. The maximum absolute atomic E-state index is 5.30. The fraction of sp³-hybridized carbons (Fsp3) is 1.00. The minimum atomic E-state index is 0.895. The zero-order valence-electron chi connectivity index (χ0n) is 8.96. The maximum Gasteiger partial charge on any atom is 0.0493 e. The lowest BCUT2D eigenvalue weighted by molar-refractivity contribution is 0.128. The fourth-order valence-electron chi connectivity index (χ4n) is 3.77. The molecule has 1 nitrogen and oxygen atoms in total. The molecule has 1 heteroatoms. The molecule has 4 atom stereocenters. The third-order valence-electron chi connectivity index (χ3n) is 4.41. The van der Waals surface area contributed by atoms with Crippen LogP contribution in [0.25, 0.3) is 0 Å². The summed E-state index contributed by atoms with van der Waals surface area (Å²) in [5.74, 6) is 4.02. The van der Waals surface area contributed by atoms with Crippen LogP contribution < -0.4 is 0 Å². The molecule has 0 heterocycles. The third kappa shape index (κ3) is 1.63. The highest BCUT2D eigenvalue weighted by Gasteiger charge is 2.43. The van der Waals surface area contributed by atoms with E-state index >= 15 is 0 Å². The van der Waals surface area contributed by atoms with Gasteiger partial charge >= 0.3 is 0 Å². The number of ether oxygens (including phenoxy) is 1. The number of hydrogen-bond acceptors (Lipinski definition) is 1. The summed E-state index contributed by atoms with van der Waals surface area (Å²) < 4.78 is 5.30. The molecule has 2 fully saturated rings. The van der Waals surface area contributed by atoms with E-state index in [0.29, 0.717) is 0 Å². The molecule has 2 saturated carbocycles. The van der Waals surface area contributed by atoms with Crippen LogP contribution in [0.5, 0.6) is 0 Å². The maximum atomic E-state index is 5.30. The summed E-state index contributed by atoms with van der Waals surface area (Å²) in [4.78, 5) is 0. The molecule has 2 aliphatic rings. The van der Waals surface area contributed by atoms with Crippen molar-refractivity contribution < 1.29 is 4.74 Å². The van der Waals surface area contributed by atoms with Crippen molar-refractivity contribution in [2.24, 2.45) is 23.7 Å². The van der Waals surface area contributed by atoms with Gasteiger partial charge in [-0.15, -0.1) is 0 Å². The van der Waals surface area contributed by atoms with Crippen LogP contribution in [0.4, 0.5) is 0 Å². The molecule has 0 aromatic heterocycles. The van der Waals surface area contributed by atoms with Gasteiger partial charge in [0.15, 0.2) is 0 Å². The molecule has 2 aliphatic carbocycles. The molecule has 4 unspecified atom stereocenters. The second kappa shape index (κ2) is 4.00. The molecular formula is C12H22O. The van der Waals surface area contributed by atoms with Crippen molar-refractivity contribution in [1.82, 2.24) is 0 Å². The lowest BCUT2D eigenvalue weighted by atomic mass is 9.88. The van der Waals surface area contributed by atoms with E-state index in [1.54, 1.807) is 0 Å². The molecule has 0 aromatic carbocycles. The van der Waals surface area contributed by atoms with Crippen LogP contribution in [0.15, 0.2) is 0 Å². The van der Waals surface area contributed by atoms with Crippen LogP contribution in [-0.2, 0) is 4.74 Å². The standard InChI is InChI=1S/C12H22O/c1-3-9-4-6-12-10(8-13-2)5-7-11(9)12/h9-12H,3-8H2,1-2H3. The largest absolute Gasteiger partial charge is 0.384 e. The number of methoxy groups -OCH3 is 1. The fourth-order valence-corrected chi connectivity index (χ4v) is 3.77. The van der Waals surface area contributed by atoms with Crippen LogP contribution in [0.2, 0.25) is 0 Å². The minimum absolute atomic E-state index is 0.895. The molecule has 76 valence electrons. The smallest absolute Gasteiger partial charge is 0.0493 e. The Kier molecular flexibility index (Phi) is 2.92. The Morgan fingerprint density at radius 3 is 2.23 bits per heavy atom. The van der Waals surface area contributed by atoms with Gasteiger partial charge in [-0.25, -0.2) is 0 Å². The summed E-state index contributed by atoms with van der Waals surface area (Å²) in [5, 5.41) is 0. The Morgan fingerprint density at radius 2 is 1.62 bits per heavy atom. The molecule has 0 bridgehead atoms. The Labute approximate surface area is 81.9 Å². The minimum Gasteiger partial charge on any atom is -0.384 e. The predicted molar refractivity (Wildman–Crippen MR) is 54.6 cm³/mol. The van der Waals surface area contributed by atoms with Gasteiger partial charge in [-0.1, -0.05) is 13.3 Å². The third-order valence-corrected chi connectivity index (χ3v) is 4.41. The van der Waals surface area contributed by atoms with Gasteiger partial charge in [-0.3, -0.25) is 0 Å². The summed E-state index contributed by atoms with van der Waals surface area (Å²) in [6, 6.07) is 0. The first-order valence-corrected chi connectivity index (χ1v) is 5.85. The lowest BCUT2D eigenvalue weighted by Crippen LogP contribution is -2.16. The number of hydrogen-bond donors (Lipinski definition) is 0. The van der Waals surface area contributed by atoms with Gasteiger partial charge in [0.2, 0.25) is 0 Å². The van der Waals surface area contributed by atoms with Crippen LogP contribution in [0, 0.1) is 23.7 Å². The highest BCUT2D eigenvalue weighted by molar-refractivity contribution is 4.93. The topological polar surface area (TPSA) is 9.23 Å². The van der Waals surface area contributed by atoms with Gasteiger partial charge in [0, 0.05) is 13.7 Å². The van der Waals surface area contributed by atoms with E-state index in [9.17, 15) is 0 Å². The normalized spacial score (nSPS) is 43.8. The molecule has 0 N–H and O–H groups in total. The quantitative estimate of drug-likeness (QED) is 0.651. The zero-order valence-corrected chi connectivity index (χ0v) is 8.96. The van der Waals surface area contributed by atoms with Crippen LogP contribution in [-0.4, -0.2) is 13.7 Å². The van der Waals surface area contributed by atoms with Gasteiger partial charge in [0.05, 0.1) is 0 Å².